The Balaban J connectivity index is 1.96. The minimum atomic E-state index is -0.195. The van der Waals surface area contributed by atoms with Crippen LogP contribution in [-0.2, 0) is 9.53 Å². The van der Waals surface area contributed by atoms with Crippen LogP contribution < -0.4 is 0 Å². The molecule has 0 N–H and O–H groups in total. The lowest BCUT2D eigenvalue weighted by atomic mass is 10.4. The summed E-state index contributed by atoms with van der Waals surface area (Å²) < 4.78 is 4.91. The Morgan fingerprint density at radius 1 is 1.65 bits per heavy atom. The van der Waals surface area contributed by atoms with E-state index in [0.29, 0.717) is 25.5 Å². The molecule has 0 radical (unpaired) electrons. The molecule has 1 fully saturated rings. The second kappa shape index (κ2) is 5.24. The van der Waals surface area contributed by atoms with Crippen LogP contribution in [0.5, 0.6) is 0 Å². The van der Waals surface area contributed by atoms with Gasteiger partial charge in [0, 0.05) is 19.0 Å². The number of nitrogens with zero attached hydrogens (tertiary/aromatic N) is 3. The first-order valence-electron chi connectivity index (χ1n) is 5.16. The first-order chi connectivity index (χ1) is 8.22. The molecule has 2 heterocycles. The van der Waals surface area contributed by atoms with Crippen molar-refractivity contribution >= 4 is 23.2 Å². The maximum absolute atomic E-state index is 11.9. The fourth-order valence-corrected chi connectivity index (χ4v) is 2.14. The third-order valence-corrected chi connectivity index (χ3v) is 3.11. The first-order valence-corrected chi connectivity index (χ1v) is 6.11. The lowest BCUT2D eigenvalue weighted by Crippen LogP contribution is -2.32. The van der Waals surface area contributed by atoms with Crippen LogP contribution in [0.2, 0.25) is 0 Å². The standard InChI is InChI=1S/C10H13N3O3S/c1-16-3-2-12-7-13(4-9(12)14)10(15)8-5-17-6-11-8/h5-6H,2-4,7H2,1H3. The summed E-state index contributed by atoms with van der Waals surface area (Å²) in [6, 6.07) is 0. The normalized spacial score (nSPS) is 15.7. The molecule has 17 heavy (non-hydrogen) atoms. The van der Waals surface area contributed by atoms with Gasteiger partial charge in [-0.25, -0.2) is 4.98 Å². The minimum absolute atomic E-state index is 0.0503. The number of carbonyl (C=O) groups excluding carboxylic acids is 2. The van der Waals surface area contributed by atoms with Gasteiger partial charge in [-0.3, -0.25) is 9.59 Å². The van der Waals surface area contributed by atoms with E-state index in [1.54, 1.807) is 22.9 Å². The first kappa shape index (κ1) is 12.0. The Morgan fingerprint density at radius 2 is 2.47 bits per heavy atom. The van der Waals surface area contributed by atoms with Crippen LogP contribution in [-0.4, -0.2) is 60.1 Å². The van der Waals surface area contributed by atoms with Gasteiger partial charge in [0.25, 0.3) is 5.91 Å². The fourth-order valence-electron chi connectivity index (χ4n) is 1.61. The lowest BCUT2D eigenvalue weighted by Gasteiger charge is -2.16. The highest BCUT2D eigenvalue weighted by Gasteiger charge is 2.31. The van der Waals surface area contributed by atoms with Crippen LogP contribution in [0.15, 0.2) is 10.9 Å². The minimum Gasteiger partial charge on any atom is -0.383 e. The number of thiazole rings is 1. The quantitative estimate of drug-likeness (QED) is 0.761. The molecule has 0 saturated carbocycles. The highest BCUT2D eigenvalue weighted by atomic mass is 32.1. The molecule has 1 aliphatic heterocycles. The van der Waals surface area contributed by atoms with Gasteiger partial charge in [0.05, 0.1) is 18.8 Å². The van der Waals surface area contributed by atoms with E-state index in [2.05, 4.69) is 4.98 Å². The van der Waals surface area contributed by atoms with Gasteiger partial charge in [-0.2, -0.15) is 0 Å². The molecule has 0 atom stereocenters. The average molecular weight is 255 g/mol. The zero-order chi connectivity index (χ0) is 12.3. The van der Waals surface area contributed by atoms with Crippen LogP contribution in [0.25, 0.3) is 0 Å². The van der Waals surface area contributed by atoms with Crippen LogP contribution >= 0.6 is 11.3 Å². The lowest BCUT2D eigenvalue weighted by molar-refractivity contribution is -0.127. The molecule has 0 bridgehead atoms. The fraction of sp³-hybridized carbons (Fsp3) is 0.500. The number of aromatic nitrogens is 1. The van der Waals surface area contributed by atoms with E-state index in [1.807, 2.05) is 0 Å². The number of hydrogen-bond acceptors (Lipinski definition) is 5. The number of methoxy groups -OCH3 is 1. The zero-order valence-corrected chi connectivity index (χ0v) is 10.3. The summed E-state index contributed by atoms with van der Waals surface area (Å²) in [5.41, 5.74) is 2.00. The smallest absolute Gasteiger partial charge is 0.275 e. The summed E-state index contributed by atoms with van der Waals surface area (Å²) in [7, 11) is 1.58. The molecule has 1 aromatic heterocycles. The van der Waals surface area contributed by atoms with Crippen LogP contribution in [0.3, 0.4) is 0 Å². The maximum atomic E-state index is 11.9. The Bertz CT molecular complexity index is 407. The van der Waals surface area contributed by atoms with E-state index in [-0.39, 0.29) is 18.4 Å². The number of hydrogen-bond donors (Lipinski definition) is 0. The van der Waals surface area contributed by atoms with Crippen molar-refractivity contribution in [3.8, 4) is 0 Å². The van der Waals surface area contributed by atoms with Crippen LogP contribution in [0.4, 0.5) is 0 Å². The number of amides is 2. The van der Waals surface area contributed by atoms with Gasteiger partial charge in [-0.15, -0.1) is 11.3 Å². The Hall–Kier alpha value is -1.47. The molecule has 0 aromatic carbocycles. The zero-order valence-electron chi connectivity index (χ0n) is 9.46. The van der Waals surface area contributed by atoms with Crippen LogP contribution in [0, 0.1) is 0 Å². The van der Waals surface area contributed by atoms with Crippen molar-refractivity contribution < 1.29 is 14.3 Å². The van der Waals surface area contributed by atoms with Gasteiger partial charge in [-0.1, -0.05) is 0 Å². The molecule has 92 valence electrons. The van der Waals surface area contributed by atoms with E-state index in [1.165, 1.54) is 16.2 Å². The van der Waals surface area contributed by atoms with Gasteiger partial charge < -0.3 is 14.5 Å². The molecule has 2 amide bonds. The predicted octanol–water partition coefficient (Wildman–Crippen LogP) is 0.0314. The second-order valence-corrected chi connectivity index (χ2v) is 4.39. The van der Waals surface area contributed by atoms with E-state index in [4.69, 9.17) is 4.74 Å². The van der Waals surface area contributed by atoms with E-state index in [9.17, 15) is 9.59 Å². The number of ether oxygens (including phenoxy) is 1. The summed E-state index contributed by atoms with van der Waals surface area (Å²) in [4.78, 5) is 30.6. The molecular formula is C10H13N3O3S. The van der Waals surface area contributed by atoms with E-state index in [0.717, 1.165) is 0 Å². The molecule has 6 nitrogen and oxygen atoms in total. The molecule has 1 saturated heterocycles. The molecule has 2 rings (SSSR count). The topological polar surface area (TPSA) is 62.7 Å². The molecule has 1 aliphatic rings. The average Bonchev–Trinajstić information content (AvgIpc) is 2.95. The Morgan fingerprint density at radius 3 is 3.12 bits per heavy atom. The van der Waals surface area contributed by atoms with E-state index < -0.39 is 0 Å². The summed E-state index contributed by atoms with van der Waals surface area (Å²) in [5, 5.41) is 1.69. The Labute approximate surface area is 103 Å². The predicted molar refractivity (Wildman–Crippen MR) is 61.6 cm³/mol. The second-order valence-electron chi connectivity index (χ2n) is 3.67. The highest BCUT2D eigenvalue weighted by molar-refractivity contribution is 7.07. The Kier molecular flexibility index (Phi) is 3.70. The number of carbonyl (C=O) groups is 2. The van der Waals surface area contributed by atoms with Gasteiger partial charge in [-0.05, 0) is 0 Å². The third-order valence-electron chi connectivity index (χ3n) is 2.52. The summed E-state index contributed by atoms with van der Waals surface area (Å²) in [6.45, 7) is 1.43. The van der Waals surface area contributed by atoms with Gasteiger partial charge in [0.2, 0.25) is 5.91 Å². The molecule has 0 aliphatic carbocycles. The van der Waals surface area contributed by atoms with Crippen molar-refractivity contribution in [3.63, 3.8) is 0 Å². The molecular weight excluding hydrogens is 242 g/mol. The van der Waals surface area contributed by atoms with Crippen molar-refractivity contribution in [2.45, 2.75) is 0 Å². The van der Waals surface area contributed by atoms with Crippen molar-refractivity contribution in [3.05, 3.63) is 16.6 Å². The molecule has 7 heteroatoms. The van der Waals surface area contributed by atoms with Crippen molar-refractivity contribution in [2.75, 3.05) is 33.5 Å². The van der Waals surface area contributed by atoms with Crippen molar-refractivity contribution in [2.24, 2.45) is 0 Å². The molecule has 0 spiro atoms. The van der Waals surface area contributed by atoms with Gasteiger partial charge >= 0.3 is 0 Å². The highest BCUT2D eigenvalue weighted by Crippen LogP contribution is 2.11. The largest absolute Gasteiger partial charge is 0.383 e. The van der Waals surface area contributed by atoms with Crippen molar-refractivity contribution in [1.82, 2.24) is 14.8 Å². The molecule has 0 unspecified atom stereocenters. The molecule has 1 aromatic rings. The summed E-state index contributed by atoms with van der Waals surface area (Å²) in [6.07, 6.45) is 0. The third kappa shape index (κ3) is 2.62. The number of rotatable bonds is 4. The summed E-state index contributed by atoms with van der Waals surface area (Å²) in [5.74, 6) is -0.245. The SMILES string of the molecule is COCCN1CN(C(=O)c2cscn2)CC1=O. The summed E-state index contributed by atoms with van der Waals surface area (Å²) >= 11 is 1.37. The van der Waals surface area contributed by atoms with Crippen LogP contribution in [0.1, 0.15) is 10.5 Å². The van der Waals surface area contributed by atoms with Gasteiger partial charge in [0.15, 0.2) is 0 Å². The van der Waals surface area contributed by atoms with Crippen molar-refractivity contribution in [1.29, 1.82) is 0 Å². The monoisotopic (exact) mass is 255 g/mol. The maximum Gasteiger partial charge on any atom is 0.275 e. The van der Waals surface area contributed by atoms with Gasteiger partial charge in [0.1, 0.15) is 12.2 Å². The van der Waals surface area contributed by atoms with E-state index >= 15 is 0 Å².